The molecule has 4 nitrogen and oxygen atoms in total. The van der Waals surface area contributed by atoms with Crippen LogP contribution in [0.1, 0.15) is 30.0 Å². The molecule has 2 rings (SSSR count). The molecule has 0 unspecified atom stereocenters. The summed E-state index contributed by atoms with van der Waals surface area (Å²) in [7, 11) is 1.65. The predicted molar refractivity (Wildman–Crippen MR) is 75.7 cm³/mol. The lowest BCUT2D eigenvalue weighted by Crippen LogP contribution is -2.08. The Balaban J connectivity index is 2.39. The average molecular weight is 278 g/mol. The topological polar surface area (TPSA) is 61.3 Å². The first kappa shape index (κ1) is 14.0. The van der Waals surface area contributed by atoms with Crippen LogP contribution < -0.4 is 10.5 Å². The lowest BCUT2D eigenvalue weighted by molar-refractivity contribution is 0.404. The molecule has 0 fully saturated rings. The zero-order valence-electron chi connectivity index (χ0n) is 11.6. The van der Waals surface area contributed by atoms with Crippen molar-refractivity contribution in [3.63, 3.8) is 0 Å². The van der Waals surface area contributed by atoms with E-state index >= 15 is 0 Å². The van der Waals surface area contributed by atoms with Gasteiger partial charge in [-0.25, -0.2) is 4.98 Å². The highest BCUT2D eigenvalue weighted by Crippen LogP contribution is 2.37. The first-order valence-corrected chi connectivity index (χ1v) is 6.89. The minimum Gasteiger partial charge on any atom is -0.496 e. The van der Waals surface area contributed by atoms with Crippen molar-refractivity contribution in [2.24, 2.45) is 5.73 Å². The van der Waals surface area contributed by atoms with E-state index in [1.807, 2.05) is 39.0 Å². The smallest absolute Gasteiger partial charge is 0.261 e. The van der Waals surface area contributed by atoms with Gasteiger partial charge < -0.3 is 14.9 Å². The molecular formula is C14H18N2O2S. The van der Waals surface area contributed by atoms with E-state index in [9.17, 15) is 0 Å². The molecule has 1 heterocycles. The second kappa shape index (κ2) is 5.67. The molecule has 0 saturated carbocycles. The van der Waals surface area contributed by atoms with Gasteiger partial charge in [0.25, 0.3) is 5.22 Å². The average Bonchev–Trinajstić information content (AvgIpc) is 2.67. The molecule has 102 valence electrons. The third kappa shape index (κ3) is 2.93. The molecule has 0 aliphatic rings. The second-order valence-electron chi connectivity index (χ2n) is 4.38. The molecule has 0 amide bonds. The Morgan fingerprint density at radius 1 is 1.37 bits per heavy atom. The zero-order valence-corrected chi connectivity index (χ0v) is 12.4. The van der Waals surface area contributed by atoms with Crippen LogP contribution in [0, 0.1) is 13.8 Å². The summed E-state index contributed by atoms with van der Waals surface area (Å²) in [4.78, 5) is 5.39. The van der Waals surface area contributed by atoms with Crippen LogP contribution in [0.2, 0.25) is 0 Å². The molecule has 2 N–H and O–H groups in total. The minimum absolute atomic E-state index is 0.115. The molecular weight excluding hydrogens is 260 g/mol. The van der Waals surface area contributed by atoms with Crippen LogP contribution in [0.5, 0.6) is 5.75 Å². The second-order valence-corrected chi connectivity index (χ2v) is 5.38. The van der Waals surface area contributed by atoms with Crippen molar-refractivity contribution in [2.75, 3.05) is 7.11 Å². The van der Waals surface area contributed by atoms with Crippen LogP contribution in [0.4, 0.5) is 0 Å². The van der Waals surface area contributed by atoms with Gasteiger partial charge in [0, 0.05) is 16.5 Å². The molecule has 2 aromatic rings. The molecule has 1 aromatic heterocycles. The Hall–Kier alpha value is -1.46. The number of rotatable bonds is 4. The molecule has 5 heteroatoms. The van der Waals surface area contributed by atoms with Crippen molar-refractivity contribution in [2.45, 2.75) is 36.9 Å². The number of hydrogen-bond acceptors (Lipinski definition) is 5. The molecule has 0 aliphatic heterocycles. The maximum atomic E-state index is 6.04. The van der Waals surface area contributed by atoms with Gasteiger partial charge in [-0.3, -0.25) is 0 Å². The van der Waals surface area contributed by atoms with E-state index < -0.39 is 0 Å². The molecule has 0 spiro atoms. The number of nitrogens with two attached hydrogens (primary N) is 1. The van der Waals surface area contributed by atoms with E-state index in [1.165, 1.54) is 11.8 Å². The predicted octanol–water partition coefficient (Wildman–Crippen LogP) is 3.47. The number of aryl methyl sites for hydroxylation is 2. The molecule has 19 heavy (non-hydrogen) atoms. The summed E-state index contributed by atoms with van der Waals surface area (Å²) < 4.78 is 11.0. The lowest BCUT2D eigenvalue weighted by atomic mass is 10.1. The largest absolute Gasteiger partial charge is 0.496 e. The number of benzene rings is 1. The number of oxazole rings is 1. The Labute approximate surface area is 117 Å². The first-order chi connectivity index (χ1) is 9.02. The van der Waals surface area contributed by atoms with Gasteiger partial charge >= 0.3 is 0 Å². The monoisotopic (exact) mass is 278 g/mol. The van der Waals surface area contributed by atoms with E-state index in [4.69, 9.17) is 14.9 Å². The van der Waals surface area contributed by atoms with Crippen molar-refractivity contribution < 1.29 is 9.15 Å². The number of ether oxygens (including phenoxy) is 1. The highest BCUT2D eigenvalue weighted by atomic mass is 32.2. The Kier molecular flexibility index (Phi) is 4.17. The fourth-order valence-electron chi connectivity index (χ4n) is 1.82. The summed E-state index contributed by atoms with van der Waals surface area (Å²) in [6, 6.07) is 5.74. The van der Waals surface area contributed by atoms with Crippen molar-refractivity contribution in [3.8, 4) is 5.75 Å². The molecule has 0 saturated heterocycles. The van der Waals surface area contributed by atoms with Gasteiger partial charge in [0.2, 0.25) is 0 Å². The van der Waals surface area contributed by atoms with Gasteiger partial charge in [0.15, 0.2) is 0 Å². The van der Waals surface area contributed by atoms with Crippen molar-refractivity contribution in [3.05, 3.63) is 35.2 Å². The molecule has 1 atom stereocenters. The fraction of sp³-hybridized carbons (Fsp3) is 0.357. The Bertz CT molecular complexity index is 559. The van der Waals surface area contributed by atoms with Crippen LogP contribution >= 0.6 is 11.8 Å². The number of hydrogen-bond donors (Lipinski definition) is 1. The van der Waals surface area contributed by atoms with Gasteiger partial charge in [-0.1, -0.05) is 6.07 Å². The van der Waals surface area contributed by atoms with Gasteiger partial charge in [-0.05, 0) is 44.7 Å². The van der Waals surface area contributed by atoms with Gasteiger partial charge in [-0.15, -0.1) is 0 Å². The van der Waals surface area contributed by atoms with Crippen LogP contribution in [0.3, 0.4) is 0 Å². The maximum Gasteiger partial charge on any atom is 0.261 e. The van der Waals surface area contributed by atoms with Crippen LogP contribution in [0.15, 0.2) is 32.7 Å². The molecule has 0 radical (unpaired) electrons. The highest BCUT2D eigenvalue weighted by Gasteiger charge is 2.16. The van der Waals surface area contributed by atoms with Crippen molar-refractivity contribution in [1.29, 1.82) is 0 Å². The summed E-state index contributed by atoms with van der Waals surface area (Å²) in [5.74, 6) is 1.63. The van der Waals surface area contributed by atoms with Gasteiger partial charge in [-0.2, -0.15) is 0 Å². The van der Waals surface area contributed by atoms with E-state index in [0.717, 1.165) is 27.7 Å². The standard InChI is InChI=1S/C14H18N2O2S/c1-8(15)13-11(17-4)6-5-7-12(13)19-14-16-9(2)10(3)18-14/h5-8H,15H2,1-4H3/t8-/m1/s1. The minimum atomic E-state index is -0.115. The summed E-state index contributed by atoms with van der Waals surface area (Å²) in [6.07, 6.45) is 0. The third-order valence-electron chi connectivity index (χ3n) is 2.91. The van der Waals surface area contributed by atoms with Crippen molar-refractivity contribution >= 4 is 11.8 Å². The summed E-state index contributed by atoms with van der Waals surface area (Å²) in [6.45, 7) is 5.78. The SMILES string of the molecule is COc1cccc(Sc2nc(C)c(C)o2)c1[C@@H](C)N. The maximum absolute atomic E-state index is 6.04. The van der Waals surface area contributed by atoms with Crippen LogP contribution in [-0.2, 0) is 0 Å². The molecule has 0 aliphatic carbocycles. The number of nitrogens with zero attached hydrogens (tertiary/aromatic N) is 1. The number of methoxy groups -OCH3 is 1. The molecule has 1 aromatic carbocycles. The summed E-state index contributed by atoms with van der Waals surface area (Å²) >= 11 is 1.47. The first-order valence-electron chi connectivity index (χ1n) is 6.07. The third-order valence-corrected chi connectivity index (χ3v) is 3.83. The number of aromatic nitrogens is 1. The lowest BCUT2D eigenvalue weighted by Gasteiger charge is -2.15. The van der Waals surface area contributed by atoms with Crippen LogP contribution in [0.25, 0.3) is 0 Å². The van der Waals surface area contributed by atoms with E-state index in [-0.39, 0.29) is 6.04 Å². The Morgan fingerprint density at radius 2 is 2.11 bits per heavy atom. The van der Waals surface area contributed by atoms with E-state index in [1.54, 1.807) is 7.11 Å². The van der Waals surface area contributed by atoms with Crippen LogP contribution in [-0.4, -0.2) is 12.1 Å². The summed E-state index contributed by atoms with van der Waals surface area (Å²) in [5.41, 5.74) is 7.92. The van der Waals surface area contributed by atoms with Gasteiger partial charge in [0.05, 0.1) is 12.8 Å². The normalized spacial score (nSPS) is 12.5. The molecule has 0 bridgehead atoms. The zero-order chi connectivity index (χ0) is 14.0. The van der Waals surface area contributed by atoms with E-state index in [2.05, 4.69) is 4.98 Å². The fourth-order valence-corrected chi connectivity index (χ4v) is 2.90. The quantitative estimate of drug-likeness (QED) is 0.927. The van der Waals surface area contributed by atoms with Gasteiger partial charge in [0.1, 0.15) is 11.5 Å². The van der Waals surface area contributed by atoms with Crippen molar-refractivity contribution in [1.82, 2.24) is 4.98 Å². The Morgan fingerprint density at radius 3 is 2.63 bits per heavy atom. The highest BCUT2D eigenvalue weighted by molar-refractivity contribution is 7.99. The summed E-state index contributed by atoms with van der Waals surface area (Å²) in [5, 5.41) is 0.630. The van der Waals surface area contributed by atoms with E-state index in [0.29, 0.717) is 5.22 Å².